The number of hydrogen-bond acceptors (Lipinski definition) is 3. The summed E-state index contributed by atoms with van der Waals surface area (Å²) in [5.41, 5.74) is 12.6. The van der Waals surface area contributed by atoms with Gasteiger partial charge in [0.1, 0.15) is 0 Å². The number of halogens is 2. The third kappa shape index (κ3) is 2.67. The molecule has 6 heteroatoms. The second-order valence-corrected chi connectivity index (χ2v) is 8.65. The summed E-state index contributed by atoms with van der Waals surface area (Å²) in [6.45, 7) is 4.21. The second-order valence-electron chi connectivity index (χ2n) is 4.90. The van der Waals surface area contributed by atoms with E-state index in [1.807, 2.05) is 0 Å². The normalized spacial score (nSPS) is 11.0. The zero-order valence-electron chi connectivity index (χ0n) is 11.5. The van der Waals surface area contributed by atoms with E-state index in [9.17, 15) is 0 Å². The zero-order valence-corrected chi connectivity index (χ0v) is 15.5. The molecule has 2 heterocycles. The molecule has 0 radical (unpaired) electrons. The minimum atomic E-state index is 0.516. The highest BCUT2D eigenvalue weighted by Gasteiger charge is 2.18. The number of hydrogen-bond donors (Lipinski definition) is 2. The number of nitrogen functional groups attached to an aromatic ring is 1. The van der Waals surface area contributed by atoms with Crippen LogP contribution in [0.15, 0.2) is 31.8 Å². The van der Waals surface area contributed by atoms with Gasteiger partial charge < -0.3 is 5.73 Å². The van der Waals surface area contributed by atoms with Crippen LogP contribution in [0.3, 0.4) is 0 Å². The molecule has 0 aliphatic heterocycles. The molecule has 0 aliphatic carbocycles. The van der Waals surface area contributed by atoms with E-state index in [1.165, 1.54) is 11.1 Å². The molecular weight excluding hydrogens is 414 g/mol. The van der Waals surface area contributed by atoms with Crippen molar-refractivity contribution in [3.8, 4) is 22.4 Å². The number of benzene rings is 1. The van der Waals surface area contributed by atoms with Crippen LogP contribution >= 0.6 is 43.2 Å². The lowest BCUT2D eigenvalue weighted by atomic mass is 9.98. The van der Waals surface area contributed by atoms with Crippen LogP contribution in [0.5, 0.6) is 0 Å². The molecule has 3 N–H and O–H groups in total. The van der Waals surface area contributed by atoms with Gasteiger partial charge in [0.15, 0.2) is 5.82 Å². The molecule has 0 saturated carbocycles. The topological polar surface area (TPSA) is 54.7 Å². The minimum Gasteiger partial charge on any atom is -0.382 e. The number of nitrogens with zero attached hydrogens (tertiary/aromatic N) is 1. The molecule has 3 aromatic rings. The maximum atomic E-state index is 6.09. The van der Waals surface area contributed by atoms with Gasteiger partial charge in [0.25, 0.3) is 0 Å². The highest BCUT2D eigenvalue weighted by molar-refractivity contribution is 9.12. The van der Waals surface area contributed by atoms with Crippen LogP contribution in [-0.2, 0) is 0 Å². The first kappa shape index (κ1) is 14.8. The maximum Gasteiger partial charge on any atom is 0.153 e. The number of aromatic amines is 1. The van der Waals surface area contributed by atoms with E-state index >= 15 is 0 Å². The van der Waals surface area contributed by atoms with Crippen LogP contribution in [0.2, 0.25) is 0 Å². The summed E-state index contributed by atoms with van der Waals surface area (Å²) in [6.07, 6.45) is 0. The predicted molar refractivity (Wildman–Crippen MR) is 96.6 cm³/mol. The zero-order chi connectivity index (χ0) is 15.1. The van der Waals surface area contributed by atoms with E-state index in [1.54, 1.807) is 11.3 Å². The van der Waals surface area contributed by atoms with E-state index in [4.69, 9.17) is 5.73 Å². The summed E-state index contributed by atoms with van der Waals surface area (Å²) < 4.78 is 2.10. The molecule has 108 valence electrons. The number of nitrogens with one attached hydrogen (secondary N) is 1. The number of nitrogens with two attached hydrogens (primary N) is 1. The summed E-state index contributed by atoms with van der Waals surface area (Å²) in [4.78, 5) is 0. The lowest BCUT2D eigenvalue weighted by Crippen LogP contribution is -1.90. The molecular formula is C15H13Br2N3S. The summed E-state index contributed by atoms with van der Waals surface area (Å²) >= 11 is 8.74. The minimum absolute atomic E-state index is 0.516. The van der Waals surface area contributed by atoms with Crippen LogP contribution in [0, 0.1) is 13.8 Å². The first-order chi connectivity index (χ1) is 9.97. The fraction of sp³-hybridized carbons (Fsp3) is 0.133. The molecule has 0 aliphatic rings. The quantitative estimate of drug-likeness (QED) is 0.565. The van der Waals surface area contributed by atoms with Gasteiger partial charge in [-0.15, -0.1) is 11.3 Å². The van der Waals surface area contributed by atoms with Gasteiger partial charge in [0.2, 0.25) is 0 Å². The van der Waals surface area contributed by atoms with Gasteiger partial charge in [0, 0.05) is 5.56 Å². The number of aryl methyl sites for hydroxylation is 2. The first-order valence-electron chi connectivity index (χ1n) is 6.34. The number of aromatic nitrogens is 2. The standard InChI is InChI=1S/C15H13Br2N3S/c1-7-3-4-9(5-8(7)2)12-13(19-20-15(12)18)10-6-11(16)21-14(10)17/h3-6H,1-2H3,(H3,18,19,20). The van der Waals surface area contributed by atoms with Crippen molar-refractivity contribution in [1.82, 2.24) is 10.2 Å². The lowest BCUT2D eigenvalue weighted by Gasteiger charge is -2.07. The smallest absolute Gasteiger partial charge is 0.153 e. The molecule has 21 heavy (non-hydrogen) atoms. The van der Waals surface area contributed by atoms with E-state index in [2.05, 4.69) is 80.2 Å². The highest BCUT2D eigenvalue weighted by Crippen LogP contribution is 2.43. The Labute approximate surface area is 143 Å². The Bertz CT molecular complexity index is 820. The fourth-order valence-corrected chi connectivity index (χ4v) is 5.07. The average Bonchev–Trinajstić information content (AvgIpc) is 2.95. The SMILES string of the molecule is Cc1ccc(-c2c(N)n[nH]c2-c2cc(Br)sc2Br)cc1C. The van der Waals surface area contributed by atoms with Gasteiger partial charge in [-0.3, -0.25) is 5.10 Å². The third-order valence-corrected chi connectivity index (χ3v) is 5.86. The highest BCUT2D eigenvalue weighted by atomic mass is 79.9. The van der Waals surface area contributed by atoms with Crippen molar-refractivity contribution in [2.24, 2.45) is 0 Å². The third-order valence-electron chi connectivity index (χ3n) is 3.52. The number of thiophene rings is 1. The number of H-pyrrole nitrogens is 1. The lowest BCUT2D eigenvalue weighted by molar-refractivity contribution is 1.10. The molecule has 0 amide bonds. The van der Waals surface area contributed by atoms with Crippen molar-refractivity contribution in [1.29, 1.82) is 0 Å². The van der Waals surface area contributed by atoms with Gasteiger partial charge in [-0.1, -0.05) is 18.2 Å². The summed E-state index contributed by atoms with van der Waals surface area (Å²) in [5.74, 6) is 0.516. The fourth-order valence-electron chi connectivity index (χ4n) is 2.25. The molecule has 0 fully saturated rings. The Balaban J connectivity index is 2.21. The largest absolute Gasteiger partial charge is 0.382 e. The Morgan fingerprint density at radius 1 is 1.14 bits per heavy atom. The monoisotopic (exact) mass is 425 g/mol. The van der Waals surface area contributed by atoms with Crippen molar-refractivity contribution < 1.29 is 0 Å². The van der Waals surface area contributed by atoms with Crippen molar-refractivity contribution in [3.63, 3.8) is 0 Å². The molecule has 3 rings (SSSR count). The van der Waals surface area contributed by atoms with Gasteiger partial charge in [-0.05, 0) is 68.5 Å². The van der Waals surface area contributed by atoms with Crippen molar-refractivity contribution in [3.05, 3.63) is 43.0 Å². The van der Waals surface area contributed by atoms with Crippen molar-refractivity contribution in [2.45, 2.75) is 13.8 Å². The van der Waals surface area contributed by atoms with Crippen molar-refractivity contribution >= 4 is 49.0 Å². The first-order valence-corrected chi connectivity index (χ1v) is 8.74. The molecule has 2 aromatic heterocycles. The van der Waals surface area contributed by atoms with E-state index < -0.39 is 0 Å². The van der Waals surface area contributed by atoms with Crippen molar-refractivity contribution in [2.75, 3.05) is 5.73 Å². The van der Waals surface area contributed by atoms with Crippen LogP contribution in [-0.4, -0.2) is 10.2 Å². The van der Waals surface area contributed by atoms with Crippen LogP contribution in [0.25, 0.3) is 22.4 Å². The van der Waals surface area contributed by atoms with Crippen LogP contribution < -0.4 is 5.73 Å². The predicted octanol–water partition coefficient (Wildman–Crippen LogP) is 5.53. The molecule has 1 aromatic carbocycles. The number of anilines is 1. The molecule has 0 spiro atoms. The Morgan fingerprint density at radius 2 is 1.90 bits per heavy atom. The van der Waals surface area contributed by atoms with Gasteiger partial charge >= 0.3 is 0 Å². The van der Waals surface area contributed by atoms with Gasteiger partial charge in [-0.25, -0.2) is 0 Å². The molecule has 0 saturated heterocycles. The average molecular weight is 427 g/mol. The second kappa shape index (κ2) is 5.59. The molecule has 3 nitrogen and oxygen atoms in total. The summed E-state index contributed by atoms with van der Waals surface area (Å²) in [5, 5.41) is 7.25. The Morgan fingerprint density at radius 3 is 2.52 bits per heavy atom. The van der Waals surface area contributed by atoms with Crippen LogP contribution in [0.1, 0.15) is 11.1 Å². The van der Waals surface area contributed by atoms with Gasteiger partial charge in [0.05, 0.1) is 18.8 Å². The Hall–Kier alpha value is -1.11. The van der Waals surface area contributed by atoms with E-state index in [-0.39, 0.29) is 0 Å². The molecule has 0 atom stereocenters. The van der Waals surface area contributed by atoms with E-state index in [0.717, 1.165) is 30.0 Å². The summed E-state index contributed by atoms with van der Waals surface area (Å²) in [7, 11) is 0. The van der Waals surface area contributed by atoms with E-state index in [0.29, 0.717) is 5.82 Å². The van der Waals surface area contributed by atoms with Crippen LogP contribution in [0.4, 0.5) is 5.82 Å². The Kier molecular flexibility index (Phi) is 3.94. The summed E-state index contributed by atoms with van der Waals surface area (Å²) in [6, 6.07) is 8.41. The number of rotatable bonds is 2. The molecule has 0 unspecified atom stereocenters. The molecule has 0 bridgehead atoms. The maximum absolute atomic E-state index is 6.09. The van der Waals surface area contributed by atoms with Gasteiger partial charge in [-0.2, -0.15) is 5.10 Å².